The van der Waals surface area contributed by atoms with Crippen LogP contribution in [0.2, 0.25) is 0 Å². The summed E-state index contributed by atoms with van der Waals surface area (Å²) in [7, 11) is 3.29. The minimum Gasteiger partial charge on any atom is -0.483 e. The normalized spacial score (nSPS) is 25.6. The summed E-state index contributed by atoms with van der Waals surface area (Å²) in [4.78, 5) is 9.52. The summed E-state index contributed by atoms with van der Waals surface area (Å²) >= 11 is 0. The molecule has 0 amide bonds. The van der Waals surface area contributed by atoms with Crippen LogP contribution in [-0.4, -0.2) is 37.6 Å². The Morgan fingerprint density at radius 2 is 1.74 bits per heavy atom. The van der Waals surface area contributed by atoms with Crippen LogP contribution in [0.5, 0.6) is 0 Å². The third-order valence-electron chi connectivity index (χ3n) is 3.78. The van der Waals surface area contributed by atoms with Gasteiger partial charge in [-0.3, -0.25) is 0 Å². The van der Waals surface area contributed by atoms with Crippen LogP contribution in [0, 0.1) is 5.92 Å². The summed E-state index contributed by atoms with van der Waals surface area (Å²) in [6, 6.07) is -0.0762. The average molecular weight is 262 g/mol. The number of hydrogen-bond donors (Lipinski definition) is 0. The van der Waals surface area contributed by atoms with Crippen molar-refractivity contribution >= 4 is 11.8 Å². The van der Waals surface area contributed by atoms with Crippen LogP contribution in [0.15, 0.2) is 34.3 Å². The molecule has 0 N–H and O–H groups in total. The van der Waals surface area contributed by atoms with Crippen LogP contribution in [0.4, 0.5) is 0 Å². The number of rotatable bonds is 1. The van der Waals surface area contributed by atoms with Gasteiger partial charge < -0.3 is 9.47 Å². The Hall–Kier alpha value is -1.58. The second-order valence-electron chi connectivity index (χ2n) is 5.57. The molecule has 0 radical (unpaired) electrons. The SMILES string of the molecule is C=C1CC2(CC1=C)N=C(OC)[C@@H](C(C)C)N=C2OC. The molecule has 0 bridgehead atoms. The first kappa shape index (κ1) is 13.8. The number of methoxy groups -OCH3 is 2. The number of ether oxygens (including phenoxy) is 2. The largest absolute Gasteiger partial charge is 0.483 e. The monoisotopic (exact) mass is 262 g/mol. The lowest BCUT2D eigenvalue weighted by molar-refractivity contribution is 0.308. The van der Waals surface area contributed by atoms with Crippen LogP contribution in [0.25, 0.3) is 0 Å². The minimum atomic E-state index is -0.486. The predicted molar refractivity (Wildman–Crippen MR) is 77.8 cm³/mol. The van der Waals surface area contributed by atoms with Crippen LogP contribution >= 0.6 is 0 Å². The van der Waals surface area contributed by atoms with E-state index in [2.05, 4.69) is 27.0 Å². The van der Waals surface area contributed by atoms with Gasteiger partial charge in [-0.25, -0.2) is 9.98 Å². The molecule has 1 saturated carbocycles. The fourth-order valence-corrected chi connectivity index (χ4v) is 2.72. The highest BCUT2D eigenvalue weighted by Gasteiger charge is 2.47. The molecule has 0 aromatic carbocycles. The van der Waals surface area contributed by atoms with Crippen molar-refractivity contribution in [3.63, 3.8) is 0 Å². The maximum Gasteiger partial charge on any atom is 0.213 e. The molecule has 4 heteroatoms. The lowest BCUT2D eigenvalue weighted by atomic mass is 9.93. The van der Waals surface area contributed by atoms with E-state index in [9.17, 15) is 0 Å². The second-order valence-corrected chi connectivity index (χ2v) is 5.57. The summed E-state index contributed by atoms with van der Waals surface area (Å²) < 4.78 is 10.9. The van der Waals surface area contributed by atoms with E-state index in [0.717, 1.165) is 11.1 Å². The Bertz CT molecular complexity index is 459. The van der Waals surface area contributed by atoms with E-state index >= 15 is 0 Å². The smallest absolute Gasteiger partial charge is 0.213 e. The van der Waals surface area contributed by atoms with Gasteiger partial charge in [0.15, 0.2) is 0 Å². The molecule has 0 saturated heterocycles. The highest BCUT2D eigenvalue weighted by Crippen LogP contribution is 2.43. The molecule has 1 heterocycles. The minimum absolute atomic E-state index is 0.0762. The molecule has 1 atom stereocenters. The van der Waals surface area contributed by atoms with Crippen molar-refractivity contribution in [1.82, 2.24) is 0 Å². The number of aliphatic imine (C=N–C) groups is 2. The van der Waals surface area contributed by atoms with Crippen LogP contribution in [0.3, 0.4) is 0 Å². The molecule has 4 nitrogen and oxygen atoms in total. The molecular weight excluding hydrogens is 240 g/mol. The molecule has 0 aromatic rings. The van der Waals surface area contributed by atoms with Crippen molar-refractivity contribution in [1.29, 1.82) is 0 Å². The zero-order valence-electron chi connectivity index (χ0n) is 12.2. The van der Waals surface area contributed by atoms with Crippen molar-refractivity contribution in [3.8, 4) is 0 Å². The molecular formula is C15H22N2O2. The Morgan fingerprint density at radius 3 is 2.16 bits per heavy atom. The van der Waals surface area contributed by atoms with Gasteiger partial charge in [0.1, 0.15) is 11.6 Å². The van der Waals surface area contributed by atoms with Gasteiger partial charge >= 0.3 is 0 Å². The average Bonchev–Trinajstić information content (AvgIpc) is 2.64. The fourth-order valence-electron chi connectivity index (χ4n) is 2.72. The fraction of sp³-hybridized carbons (Fsp3) is 0.600. The van der Waals surface area contributed by atoms with Crippen molar-refractivity contribution in [2.45, 2.75) is 38.3 Å². The first-order valence-electron chi connectivity index (χ1n) is 6.55. The molecule has 19 heavy (non-hydrogen) atoms. The van der Waals surface area contributed by atoms with Crippen LogP contribution in [-0.2, 0) is 9.47 Å². The van der Waals surface area contributed by atoms with Gasteiger partial charge in [-0.15, -0.1) is 0 Å². The molecule has 104 valence electrons. The molecule has 2 rings (SSSR count). The van der Waals surface area contributed by atoms with Gasteiger partial charge in [0.05, 0.1) is 14.2 Å². The number of hydrogen-bond acceptors (Lipinski definition) is 4. The van der Waals surface area contributed by atoms with E-state index in [-0.39, 0.29) is 6.04 Å². The Kier molecular flexibility index (Phi) is 3.52. The van der Waals surface area contributed by atoms with E-state index in [1.165, 1.54) is 0 Å². The van der Waals surface area contributed by atoms with Gasteiger partial charge in [0.25, 0.3) is 0 Å². The maximum absolute atomic E-state index is 5.50. The maximum atomic E-state index is 5.50. The summed E-state index contributed by atoms with van der Waals surface area (Å²) in [6.45, 7) is 12.3. The molecule has 1 fully saturated rings. The highest BCUT2D eigenvalue weighted by molar-refractivity contribution is 5.98. The van der Waals surface area contributed by atoms with Crippen molar-refractivity contribution < 1.29 is 9.47 Å². The van der Waals surface area contributed by atoms with Gasteiger partial charge in [-0.1, -0.05) is 27.0 Å². The lowest BCUT2D eigenvalue weighted by Gasteiger charge is -2.33. The first-order valence-corrected chi connectivity index (χ1v) is 6.55. The zero-order chi connectivity index (χ0) is 14.2. The molecule has 1 aliphatic carbocycles. The van der Waals surface area contributed by atoms with Crippen molar-refractivity contribution in [3.05, 3.63) is 24.3 Å². The van der Waals surface area contributed by atoms with Gasteiger partial charge in [-0.05, 0) is 17.1 Å². The Balaban J connectivity index is 2.45. The third kappa shape index (κ3) is 2.20. The van der Waals surface area contributed by atoms with E-state index in [1.807, 2.05) is 0 Å². The summed E-state index contributed by atoms with van der Waals surface area (Å²) in [5.41, 5.74) is 1.55. The first-order chi connectivity index (χ1) is 8.93. The van der Waals surface area contributed by atoms with Crippen LogP contribution < -0.4 is 0 Å². The Labute approximate surface area is 114 Å². The molecule has 1 aliphatic heterocycles. The van der Waals surface area contributed by atoms with E-state index in [4.69, 9.17) is 19.5 Å². The van der Waals surface area contributed by atoms with E-state index < -0.39 is 5.54 Å². The molecule has 2 aliphatic rings. The Morgan fingerprint density at radius 1 is 1.16 bits per heavy atom. The third-order valence-corrected chi connectivity index (χ3v) is 3.78. The van der Waals surface area contributed by atoms with Crippen molar-refractivity contribution in [2.24, 2.45) is 15.9 Å². The van der Waals surface area contributed by atoms with Crippen molar-refractivity contribution in [2.75, 3.05) is 14.2 Å². The standard InChI is InChI=1S/C15H22N2O2/c1-9(2)12-13(18-5)17-15(14(16-12)19-6)7-10(3)11(4)8-15/h9,12H,3-4,7-8H2,1-2,5-6H3/t12-/m1/s1. The lowest BCUT2D eigenvalue weighted by Crippen LogP contribution is -2.44. The van der Waals surface area contributed by atoms with Gasteiger partial charge in [0.2, 0.25) is 11.8 Å². The van der Waals surface area contributed by atoms with E-state index in [1.54, 1.807) is 14.2 Å². The van der Waals surface area contributed by atoms with Gasteiger partial charge in [0, 0.05) is 12.8 Å². The van der Waals surface area contributed by atoms with Gasteiger partial charge in [-0.2, -0.15) is 0 Å². The molecule has 0 unspecified atom stereocenters. The molecule has 0 aromatic heterocycles. The summed E-state index contributed by atoms with van der Waals surface area (Å²) in [5, 5.41) is 0. The summed E-state index contributed by atoms with van der Waals surface area (Å²) in [6.07, 6.45) is 1.41. The zero-order valence-corrected chi connectivity index (χ0v) is 12.2. The summed E-state index contributed by atoms with van der Waals surface area (Å²) in [5.74, 6) is 1.67. The highest BCUT2D eigenvalue weighted by atomic mass is 16.5. The second kappa shape index (κ2) is 4.83. The number of nitrogens with zero attached hydrogens (tertiary/aromatic N) is 2. The molecule has 1 spiro atoms. The predicted octanol–water partition coefficient (Wildman–Crippen LogP) is 2.76. The quantitative estimate of drug-likeness (QED) is 0.729. The van der Waals surface area contributed by atoms with Crippen LogP contribution in [0.1, 0.15) is 26.7 Å². The van der Waals surface area contributed by atoms with E-state index in [0.29, 0.717) is 30.6 Å². The topological polar surface area (TPSA) is 43.2 Å².